The van der Waals surface area contributed by atoms with Crippen LogP contribution in [0.3, 0.4) is 0 Å². The fraction of sp³-hybridized carbons (Fsp3) is 0.500. The lowest BCUT2D eigenvalue weighted by molar-refractivity contribution is -0.133. The number of aliphatic carboxylic acids is 1. The first kappa shape index (κ1) is 15.9. The van der Waals surface area contributed by atoms with Crippen molar-refractivity contribution in [2.75, 3.05) is 5.75 Å². The molecule has 1 aromatic heterocycles. The van der Waals surface area contributed by atoms with Gasteiger partial charge in [-0.15, -0.1) is 0 Å². The first-order valence-electron chi connectivity index (χ1n) is 7.34. The summed E-state index contributed by atoms with van der Waals surface area (Å²) in [5.41, 5.74) is 2.02. The normalized spacial score (nSPS) is 14.2. The minimum Gasteiger partial charge on any atom is -0.481 e. The third-order valence-electron chi connectivity index (χ3n) is 3.77. The number of thioether (sulfide) groups is 1. The Bertz CT molecular complexity index is 624. The number of hydrogen-bond acceptors (Lipinski definition) is 3. The van der Waals surface area contributed by atoms with Crippen LogP contribution in [0.4, 0.5) is 0 Å². The minimum absolute atomic E-state index is 0.0410. The molecule has 0 spiro atoms. The summed E-state index contributed by atoms with van der Waals surface area (Å²) in [5.74, 6) is -0.133. The zero-order valence-corrected chi connectivity index (χ0v) is 13.6. The number of aromatic nitrogens is 2. The Balaban J connectivity index is 2.37. The molecule has 0 aliphatic heterocycles. The molecule has 2 unspecified atom stereocenters. The van der Waals surface area contributed by atoms with Crippen molar-refractivity contribution < 1.29 is 9.90 Å². The molecule has 2 atom stereocenters. The van der Waals surface area contributed by atoms with Crippen LogP contribution in [0.2, 0.25) is 0 Å². The fourth-order valence-electron chi connectivity index (χ4n) is 2.53. The van der Waals surface area contributed by atoms with Gasteiger partial charge in [0.25, 0.3) is 0 Å². The second-order valence-corrected chi connectivity index (χ2v) is 6.48. The van der Waals surface area contributed by atoms with E-state index in [0.29, 0.717) is 12.0 Å². The van der Waals surface area contributed by atoms with Crippen molar-refractivity contribution in [2.45, 2.75) is 44.8 Å². The molecule has 0 saturated carbocycles. The van der Waals surface area contributed by atoms with Crippen LogP contribution >= 0.6 is 11.8 Å². The van der Waals surface area contributed by atoms with E-state index in [0.717, 1.165) is 29.0 Å². The third-order valence-corrected chi connectivity index (χ3v) is 4.71. The molecule has 5 heteroatoms. The van der Waals surface area contributed by atoms with Crippen LogP contribution in [0.5, 0.6) is 0 Å². The number of nitrogens with zero attached hydrogens (tertiary/aromatic N) is 2. The Morgan fingerprint density at radius 2 is 2.10 bits per heavy atom. The van der Waals surface area contributed by atoms with Crippen molar-refractivity contribution in [3.05, 3.63) is 24.3 Å². The standard InChI is InChI=1S/C16H22N2O2S/c1-4-11(2)9-12(3)18-14-8-6-5-7-13(14)17-16(18)21-10-15(19)20/h5-8,11-12H,4,9-10H2,1-3H3,(H,19,20). The summed E-state index contributed by atoms with van der Waals surface area (Å²) < 4.78 is 2.19. The van der Waals surface area contributed by atoms with Gasteiger partial charge in [-0.3, -0.25) is 4.79 Å². The van der Waals surface area contributed by atoms with Gasteiger partial charge in [0, 0.05) is 6.04 Å². The summed E-state index contributed by atoms with van der Waals surface area (Å²) in [6.45, 7) is 6.63. The van der Waals surface area contributed by atoms with Gasteiger partial charge in [-0.2, -0.15) is 0 Å². The van der Waals surface area contributed by atoms with Crippen LogP contribution < -0.4 is 0 Å². The summed E-state index contributed by atoms with van der Waals surface area (Å²) in [5, 5.41) is 9.71. The number of carboxylic acid groups (broad SMARTS) is 1. The second kappa shape index (κ2) is 6.98. The predicted octanol–water partition coefficient (Wildman–Crippen LogP) is 4.21. The molecule has 1 heterocycles. The molecule has 1 N–H and O–H groups in total. The lowest BCUT2D eigenvalue weighted by Crippen LogP contribution is -2.11. The van der Waals surface area contributed by atoms with Crippen LogP contribution in [0.15, 0.2) is 29.4 Å². The van der Waals surface area contributed by atoms with Gasteiger partial charge in [-0.1, -0.05) is 44.2 Å². The number of carboxylic acids is 1. The molecule has 0 bridgehead atoms. The molecular weight excluding hydrogens is 284 g/mol. The van der Waals surface area contributed by atoms with Crippen LogP contribution in [0.1, 0.15) is 39.7 Å². The molecule has 0 radical (unpaired) electrons. The van der Waals surface area contributed by atoms with Crippen molar-refractivity contribution >= 4 is 28.8 Å². The van der Waals surface area contributed by atoms with E-state index in [1.165, 1.54) is 11.8 Å². The van der Waals surface area contributed by atoms with Gasteiger partial charge >= 0.3 is 5.97 Å². The zero-order chi connectivity index (χ0) is 15.4. The molecule has 21 heavy (non-hydrogen) atoms. The van der Waals surface area contributed by atoms with E-state index in [2.05, 4.69) is 36.4 Å². The van der Waals surface area contributed by atoms with E-state index in [1.54, 1.807) is 0 Å². The summed E-state index contributed by atoms with van der Waals surface area (Å²) in [7, 11) is 0. The maximum Gasteiger partial charge on any atom is 0.313 e. The van der Waals surface area contributed by atoms with Gasteiger partial charge in [0.05, 0.1) is 16.8 Å². The number of benzene rings is 1. The Kier molecular flexibility index (Phi) is 5.28. The minimum atomic E-state index is -0.812. The number of para-hydroxylation sites is 2. The lowest BCUT2D eigenvalue weighted by Gasteiger charge is -2.20. The van der Waals surface area contributed by atoms with E-state index in [9.17, 15) is 4.79 Å². The molecule has 2 aromatic rings. The topological polar surface area (TPSA) is 55.1 Å². The SMILES string of the molecule is CCC(C)CC(C)n1c(SCC(=O)O)nc2ccccc21. The number of carbonyl (C=O) groups is 1. The average Bonchev–Trinajstić information content (AvgIpc) is 2.83. The Hall–Kier alpha value is -1.49. The van der Waals surface area contributed by atoms with Gasteiger partial charge in [-0.05, 0) is 31.4 Å². The van der Waals surface area contributed by atoms with Crippen molar-refractivity contribution in [1.82, 2.24) is 9.55 Å². The van der Waals surface area contributed by atoms with Crippen LogP contribution in [0.25, 0.3) is 11.0 Å². The van der Waals surface area contributed by atoms with Crippen molar-refractivity contribution in [2.24, 2.45) is 5.92 Å². The second-order valence-electron chi connectivity index (χ2n) is 5.53. The molecule has 0 aliphatic carbocycles. The smallest absolute Gasteiger partial charge is 0.313 e. The molecule has 0 amide bonds. The van der Waals surface area contributed by atoms with Crippen molar-refractivity contribution in [3.8, 4) is 0 Å². The van der Waals surface area contributed by atoms with Crippen LogP contribution in [-0.4, -0.2) is 26.4 Å². The average molecular weight is 306 g/mol. The van der Waals surface area contributed by atoms with Crippen molar-refractivity contribution in [1.29, 1.82) is 0 Å². The molecule has 1 aromatic carbocycles. The largest absolute Gasteiger partial charge is 0.481 e. The van der Waals surface area contributed by atoms with Gasteiger partial charge in [-0.25, -0.2) is 4.98 Å². The van der Waals surface area contributed by atoms with Crippen LogP contribution in [0, 0.1) is 5.92 Å². The molecule has 0 saturated heterocycles. The first-order valence-corrected chi connectivity index (χ1v) is 8.33. The Labute approximate surface area is 129 Å². The number of rotatable bonds is 7. The summed E-state index contributed by atoms with van der Waals surface area (Å²) >= 11 is 1.30. The Morgan fingerprint density at radius 1 is 1.38 bits per heavy atom. The van der Waals surface area contributed by atoms with E-state index >= 15 is 0 Å². The lowest BCUT2D eigenvalue weighted by atomic mass is 10.0. The highest BCUT2D eigenvalue weighted by atomic mass is 32.2. The molecule has 0 fully saturated rings. The summed E-state index contributed by atoms with van der Waals surface area (Å²) in [6.07, 6.45) is 2.21. The number of imidazole rings is 1. The van der Waals surface area contributed by atoms with E-state index in [-0.39, 0.29) is 5.75 Å². The van der Waals surface area contributed by atoms with Crippen molar-refractivity contribution in [3.63, 3.8) is 0 Å². The third kappa shape index (κ3) is 3.79. The van der Waals surface area contributed by atoms with Crippen LogP contribution in [-0.2, 0) is 4.79 Å². The van der Waals surface area contributed by atoms with E-state index < -0.39 is 5.97 Å². The summed E-state index contributed by atoms with van der Waals surface area (Å²) in [6, 6.07) is 8.31. The molecule has 2 rings (SSSR count). The first-order chi connectivity index (χ1) is 10.0. The maximum atomic E-state index is 10.8. The zero-order valence-electron chi connectivity index (χ0n) is 12.7. The predicted molar refractivity (Wildman–Crippen MR) is 86.9 cm³/mol. The van der Waals surface area contributed by atoms with Gasteiger partial charge in [0.15, 0.2) is 5.16 Å². The van der Waals surface area contributed by atoms with Gasteiger partial charge in [0.2, 0.25) is 0 Å². The quantitative estimate of drug-likeness (QED) is 0.779. The Morgan fingerprint density at radius 3 is 2.76 bits per heavy atom. The summed E-state index contributed by atoms with van der Waals surface area (Å²) in [4.78, 5) is 15.4. The molecule has 4 nitrogen and oxygen atoms in total. The van der Waals surface area contributed by atoms with E-state index in [1.807, 2.05) is 18.2 Å². The molecular formula is C16H22N2O2S. The number of hydrogen-bond donors (Lipinski definition) is 1. The highest BCUT2D eigenvalue weighted by Gasteiger charge is 2.18. The highest BCUT2D eigenvalue weighted by Crippen LogP contribution is 2.31. The van der Waals surface area contributed by atoms with Gasteiger partial charge in [0.1, 0.15) is 0 Å². The fourth-order valence-corrected chi connectivity index (χ4v) is 3.36. The monoisotopic (exact) mass is 306 g/mol. The highest BCUT2D eigenvalue weighted by molar-refractivity contribution is 7.99. The molecule has 114 valence electrons. The van der Waals surface area contributed by atoms with Gasteiger partial charge < -0.3 is 9.67 Å². The maximum absolute atomic E-state index is 10.8. The van der Waals surface area contributed by atoms with E-state index in [4.69, 9.17) is 5.11 Å². The molecule has 0 aliphatic rings. The number of fused-ring (bicyclic) bond motifs is 1.